The molecule has 1 aromatic heterocycles. The van der Waals surface area contributed by atoms with Gasteiger partial charge in [0, 0.05) is 29.4 Å². The molecule has 1 heterocycles. The van der Waals surface area contributed by atoms with Crippen LogP contribution in [-0.4, -0.2) is 24.6 Å². The number of allylic oxidation sites excluding steroid dienone is 6. The number of amidine groups is 1. The first-order valence-corrected chi connectivity index (χ1v) is 17.3. The van der Waals surface area contributed by atoms with Gasteiger partial charge in [0.05, 0.1) is 11.7 Å². The van der Waals surface area contributed by atoms with Crippen LogP contribution in [0.2, 0.25) is 0 Å². The predicted octanol–water partition coefficient (Wildman–Crippen LogP) is 11.0. The van der Waals surface area contributed by atoms with E-state index in [4.69, 9.17) is 4.99 Å². The third kappa shape index (κ3) is 11.9. The normalized spacial score (nSPS) is 13.2. The molecule has 0 aliphatic carbocycles. The molecule has 256 valence electrons. The Morgan fingerprint density at radius 2 is 1.45 bits per heavy atom. The Morgan fingerprint density at radius 1 is 0.796 bits per heavy atom. The highest BCUT2D eigenvalue weighted by Gasteiger charge is 2.20. The summed E-state index contributed by atoms with van der Waals surface area (Å²) in [5.74, 6) is 0.809. The lowest BCUT2D eigenvalue weighted by atomic mass is 9.94. The molecule has 0 amide bonds. The third-order valence-corrected chi connectivity index (χ3v) is 7.62. The highest BCUT2D eigenvalue weighted by molar-refractivity contribution is 6.03. The number of benzene rings is 3. The second-order valence-electron chi connectivity index (χ2n) is 10.6. The predicted molar refractivity (Wildman–Crippen MR) is 214 cm³/mol. The summed E-state index contributed by atoms with van der Waals surface area (Å²) in [4.78, 5) is 14.4. The van der Waals surface area contributed by atoms with E-state index in [1.54, 1.807) is 6.08 Å². The van der Waals surface area contributed by atoms with Gasteiger partial charge >= 0.3 is 0 Å². The Bertz CT molecular complexity index is 1670. The van der Waals surface area contributed by atoms with E-state index in [2.05, 4.69) is 108 Å². The Kier molecular flexibility index (Phi) is 19.2. The number of nitrogens with zero attached hydrogens (tertiary/aromatic N) is 3. The highest BCUT2D eigenvalue weighted by Crippen LogP contribution is 2.30. The van der Waals surface area contributed by atoms with Crippen LogP contribution in [0.3, 0.4) is 0 Å². The van der Waals surface area contributed by atoms with E-state index in [1.165, 1.54) is 11.1 Å². The maximum Gasteiger partial charge on any atom is 0.156 e. The summed E-state index contributed by atoms with van der Waals surface area (Å²) in [7, 11) is 1.94. The van der Waals surface area contributed by atoms with Gasteiger partial charge in [-0.1, -0.05) is 163 Å². The lowest BCUT2D eigenvalue weighted by Crippen LogP contribution is -2.23. The van der Waals surface area contributed by atoms with Gasteiger partial charge in [-0.3, -0.25) is 10.3 Å². The molecule has 5 heteroatoms. The van der Waals surface area contributed by atoms with Crippen LogP contribution >= 0.6 is 0 Å². The van der Waals surface area contributed by atoms with Crippen LogP contribution in [0.25, 0.3) is 11.3 Å². The Hall–Kier alpha value is -4.97. The Labute approximate surface area is 296 Å². The lowest BCUT2D eigenvalue weighted by molar-refractivity contribution is 0.552. The molecule has 0 bridgehead atoms. The summed E-state index contributed by atoms with van der Waals surface area (Å²) >= 11 is 0. The van der Waals surface area contributed by atoms with Crippen LogP contribution in [0.15, 0.2) is 156 Å². The minimum Gasteiger partial charge on any atom is -0.310 e. The maximum atomic E-state index is 5.28. The van der Waals surface area contributed by atoms with Crippen molar-refractivity contribution in [3.63, 3.8) is 0 Å². The van der Waals surface area contributed by atoms with Gasteiger partial charge in [0.15, 0.2) is 5.84 Å². The minimum absolute atomic E-state index is 0.0534. The molecule has 5 nitrogen and oxygen atoms in total. The van der Waals surface area contributed by atoms with Gasteiger partial charge in [-0.2, -0.15) is 0 Å². The van der Waals surface area contributed by atoms with E-state index in [9.17, 15) is 0 Å². The van der Waals surface area contributed by atoms with Gasteiger partial charge in [0.2, 0.25) is 0 Å². The summed E-state index contributed by atoms with van der Waals surface area (Å²) < 4.78 is 0. The zero-order chi connectivity index (χ0) is 35.9. The van der Waals surface area contributed by atoms with E-state index in [0.29, 0.717) is 12.4 Å². The van der Waals surface area contributed by atoms with Gasteiger partial charge < -0.3 is 5.32 Å². The van der Waals surface area contributed by atoms with E-state index < -0.39 is 6.17 Å². The Morgan fingerprint density at radius 3 is 2.10 bits per heavy atom. The quantitative estimate of drug-likeness (QED) is 0.0809. The molecule has 0 fully saturated rings. The average molecular weight is 654 g/mol. The number of rotatable bonds is 14. The SMILES string of the molecule is C=C/C=C\C(NC)c1ccccc1/C(N=C)=N/C(NCc1ccccc1C(C)/C=C\C=C/C)c1ccccc1-c1ccccn1.CC.CC. The fraction of sp³-hybridized carbons (Fsp3) is 0.250. The van der Waals surface area contributed by atoms with Gasteiger partial charge in [0.25, 0.3) is 0 Å². The molecule has 49 heavy (non-hydrogen) atoms. The minimum atomic E-state index is -0.435. The number of likely N-dealkylation sites (N-methyl/N-ethyl adjacent to an activating group) is 1. The number of aromatic nitrogens is 1. The molecule has 3 unspecified atom stereocenters. The first-order valence-electron chi connectivity index (χ1n) is 17.3. The van der Waals surface area contributed by atoms with Crippen LogP contribution in [0.5, 0.6) is 0 Å². The number of hydrogen-bond donors (Lipinski definition) is 2. The van der Waals surface area contributed by atoms with Crippen LogP contribution < -0.4 is 10.6 Å². The van der Waals surface area contributed by atoms with Crippen molar-refractivity contribution in [1.82, 2.24) is 15.6 Å². The number of pyridine rings is 1. The molecular formula is C44H55N5. The number of hydrogen-bond acceptors (Lipinski definition) is 4. The molecular weight excluding hydrogens is 599 g/mol. The van der Waals surface area contributed by atoms with E-state index in [-0.39, 0.29) is 12.0 Å². The van der Waals surface area contributed by atoms with E-state index >= 15 is 0 Å². The molecule has 0 saturated carbocycles. The van der Waals surface area contributed by atoms with Crippen molar-refractivity contribution in [1.29, 1.82) is 0 Å². The molecule has 0 aliphatic rings. The highest BCUT2D eigenvalue weighted by atomic mass is 15.1. The summed E-state index contributed by atoms with van der Waals surface area (Å²) in [5, 5.41) is 7.16. The first kappa shape index (κ1) is 40.2. The number of aliphatic imine (C=N–C) groups is 2. The molecule has 0 saturated heterocycles. The second kappa shape index (κ2) is 23.4. The van der Waals surface area contributed by atoms with Gasteiger partial charge in [-0.05, 0) is 55.4 Å². The lowest BCUT2D eigenvalue weighted by Gasteiger charge is -2.22. The topological polar surface area (TPSA) is 61.7 Å². The van der Waals surface area contributed by atoms with Crippen molar-refractivity contribution in [3.05, 3.63) is 174 Å². The van der Waals surface area contributed by atoms with Crippen molar-refractivity contribution in [2.24, 2.45) is 9.98 Å². The van der Waals surface area contributed by atoms with E-state index in [0.717, 1.165) is 27.9 Å². The molecule has 3 aromatic carbocycles. The van der Waals surface area contributed by atoms with Crippen LogP contribution in [0.4, 0.5) is 0 Å². The standard InChI is InChI=1S/C40H43N5.2C2H6/c1-6-8-10-19-30(3)32-21-12-11-20-31(32)29-44-40(36-25-16-14-23-34(36)38-27-17-18-28-43-38)45-39(42-5)35-24-15-13-22-33(35)37(41-4)26-9-7-2;2*1-2/h6-28,30,37,40-41,44H,2,5,29H2,1,3-4H3;2*1-2H3/b8-6-,19-10-,26-9-,45-39-;;. The first-order chi connectivity index (χ1) is 24.1. The summed E-state index contributed by atoms with van der Waals surface area (Å²) in [6.45, 7) is 20.6. The largest absolute Gasteiger partial charge is 0.310 e. The van der Waals surface area contributed by atoms with Crippen molar-refractivity contribution < 1.29 is 0 Å². The average Bonchev–Trinajstić information content (AvgIpc) is 3.17. The summed E-state index contributed by atoms with van der Waals surface area (Å²) in [6.07, 6.45) is 15.6. The fourth-order valence-corrected chi connectivity index (χ4v) is 5.34. The molecule has 0 spiro atoms. The second-order valence-corrected chi connectivity index (χ2v) is 10.6. The maximum absolute atomic E-state index is 5.28. The fourth-order valence-electron chi connectivity index (χ4n) is 5.34. The van der Waals surface area contributed by atoms with Crippen molar-refractivity contribution >= 4 is 12.6 Å². The molecule has 0 radical (unpaired) electrons. The van der Waals surface area contributed by atoms with Crippen molar-refractivity contribution in [2.75, 3.05) is 7.05 Å². The zero-order valence-electron chi connectivity index (χ0n) is 30.5. The van der Waals surface area contributed by atoms with Crippen molar-refractivity contribution in [3.8, 4) is 11.3 Å². The molecule has 4 aromatic rings. The van der Waals surface area contributed by atoms with Crippen LogP contribution in [0, 0.1) is 0 Å². The van der Waals surface area contributed by atoms with Gasteiger partial charge in [-0.15, -0.1) is 0 Å². The van der Waals surface area contributed by atoms with Crippen LogP contribution in [0.1, 0.15) is 87.5 Å². The molecule has 4 rings (SSSR count). The summed E-state index contributed by atoms with van der Waals surface area (Å²) in [6, 6.07) is 30.9. The van der Waals surface area contributed by atoms with Crippen molar-refractivity contribution in [2.45, 2.75) is 66.2 Å². The zero-order valence-corrected chi connectivity index (χ0v) is 30.5. The molecule has 0 aliphatic heterocycles. The Balaban J connectivity index is 0.00000201. The monoisotopic (exact) mass is 653 g/mol. The molecule has 2 N–H and O–H groups in total. The molecule has 3 atom stereocenters. The third-order valence-electron chi connectivity index (χ3n) is 7.62. The van der Waals surface area contributed by atoms with Crippen LogP contribution in [-0.2, 0) is 6.54 Å². The smallest absolute Gasteiger partial charge is 0.156 e. The summed E-state index contributed by atoms with van der Waals surface area (Å²) in [5.41, 5.74) is 7.34. The van der Waals surface area contributed by atoms with Gasteiger partial charge in [-0.25, -0.2) is 9.98 Å². The number of nitrogens with one attached hydrogen (secondary N) is 2. The van der Waals surface area contributed by atoms with Gasteiger partial charge in [0.1, 0.15) is 6.17 Å². The van der Waals surface area contributed by atoms with E-state index in [1.807, 2.05) is 109 Å².